The van der Waals surface area contributed by atoms with E-state index in [1.807, 2.05) is 0 Å². The Morgan fingerprint density at radius 2 is 1.56 bits per heavy atom. The molecule has 1 aliphatic rings. The third-order valence-corrected chi connectivity index (χ3v) is 5.47. The molecule has 0 unspecified atom stereocenters. The number of rotatable bonds is 6. The Morgan fingerprint density at radius 1 is 0.941 bits per heavy atom. The monoisotopic (exact) mass is 476 g/mol. The van der Waals surface area contributed by atoms with Crippen LogP contribution in [0, 0.1) is 5.41 Å². The first-order valence-corrected chi connectivity index (χ1v) is 10.9. The fourth-order valence-corrected chi connectivity index (χ4v) is 3.53. The Hall–Kier alpha value is -3.36. The van der Waals surface area contributed by atoms with Gasteiger partial charge in [0.15, 0.2) is 0 Å². The molecular weight excluding hydrogens is 449 g/mol. The van der Waals surface area contributed by atoms with Gasteiger partial charge in [-0.2, -0.15) is 13.2 Å². The molecule has 0 atom stereocenters. The first-order valence-electron chi connectivity index (χ1n) is 10.9. The van der Waals surface area contributed by atoms with E-state index < -0.39 is 40.5 Å². The molecule has 2 aromatic carbocycles. The molecule has 6 nitrogen and oxygen atoms in total. The van der Waals surface area contributed by atoms with Crippen LogP contribution in [0.4, 0.5) is 13.2 Å². The maximum Gasteiger partial charge on any atom is 0.416 e. The Bertz CT molecular complexity index is 1070. The van der Waals surface area contributed by atoms with Crippen molar-refractivity contribution in [3.05, 3.63) is 70.8 Å². The Kier molecular flexibility index (Phi) is 7.05. The minimum Gasteiger partial charge on any atom is -0.460 e. The van der Waals surface area contributed by atoms with E-state index >= 15 is 0 Å². The van der Waals surface area contributed by atoms with Gasteiger partial charge < -0.3 is 4.74 Å². The SMILES string of the molecule is CC(C)(C)OC(=O)CC1(C(=O)NNC(=O)c2ccccc2Cc2ccc(C(F)(F)F)cc2)CC1. The minimum absolute atomic E-state index is 0.0729. The van der Waals surface area contributed by atoms with Crippen LogP contribution in [0.3, 0.4) is 0 Å². The van der Waals surface area contributed by atoms with Crippen LogP contribution < -0.4 is 10.9 Å². The number of amides is 2. The average Bonchev–Trinajstić information content (AvgIpc) is 3.51. The lowest BCUT2D eigenvalue weighted by Gasteiger charge is -2.22. The van der Waals surface area contributed by atoms with Crippen molar-refractivity contribution in [2.75, 3.05) is 0 Å². The van der Waals surface area contributed by atoms with E-state index in [1.165, 1.54) is 12.1 Å². The highest BCUT2D eigenvalue weighted by atomic mass is 19.4. The van der Waals surface area contributed by atoms with Gasteiger partial charge in [0.05, 0.1) is 17.4 Å². The highest BCUT2D eigenvalue weighted by Gasteiger charge is 2.52. The minimum atomic E-state index is -4.42. The standard InChI is InChI=1S/C25H27F3N2O4/c1-23(2,3)34-20(31)15-24(12-13-24)22(33)30-29-21(32)19-7-5-4-6-17(19)14-16-8-10-18(11-9-16)25(26,27)28/h4-11H,12-15H2,1-3H3,(H,29,32)(H,30,33). The maximum atomic E-state index is 12.8. The number of carbonyl (C=O) groups excluding carboxylic acids is 3. The van der Waals surface area contributed by atoms with Crippen LogP contribution >= 0.6 is 0 Å². The van der Waals surface area contributed by atoms with Gasteiger partial charge in [0.1, 0.15) is 5.60 Å². The lowest BCUT2D eigenvalue weighted by Crippen LogP contribution is -2.46. The van der Waals surface area contributed by atoms with Crippen molar-refractivity contribution >= 4 is 17.8 Å². The Labute approximate surface area is 195 Å². The number of halogens is 3. The van der Waals surface area contributed by atoms with E-state index in [0.717, 1.165) is 12.1 Å². The van der Waals surface area contributed by atoms with Crippen LogP contribution in [-0.4, -0.2) is 23.4 Å². The number of hydrogen-bond acceptors (Lipinski definition) is 4. The second-order valence-electron chi connectivity index (χ2n) is 9.48. The zero-order valence-electron chi connectivity index (χ0n) is 19.2. The van der Waals surface area contributed by atoms with Crippen LogP contribution in [0.2, 0.25) is 0 Å². The normalized spacial score (nSPS) is 14.8. The molecule has 3 rings (SSSR count). The van der Waals surface area contributed by atoms with Gasteiger partial charge in [-0.1, -0.05) is 30.3 Å². The van der Waals surface area contributed by atoms with Gasteiger partial charge in [-0.25, -0.2) is 0 Å². The van der Waals surface area contributed by atoms with Gasteiger partial charge in [-0.3, -0.25) is 25.2 Å². The molecule has 1 aliphatic carbocycles. The summed E-state index contributed by atoms with van der Waals surface area (Å²) in [5, 5.41) is 0. The van der Waals surface area contributed by atoms with Gasteiger partial charge in [-0.05, 0) is 69.4 Å². The largest absolute Gasteiger partial charge is 0.460 e. The summed E-state index contributed by atoms with van der Waals surface area (Å²) in [6.07, 6.45) is -3.23. The summed E-state index contributed by atoms with van der Waals surface area (Å²) in [4.78, 5) is 37.5. The molecule has 0 radical (unpaired) electrons. The molecule has 0 bridgehead atoms. The van der Waals surface area contributed by atoms with Crippen LogP contribution in [0.5, 0.6) is 0 Å². The Balaban J connectivity index is 1.62. The third-order valence-electron chi connectivity index (χ3n) is 5.47. The number of carbonyl (C=O) groups is 3. The highest BCUT2D eigenvalue weighted by Crippen LogP contribution is 2.49. The molecule has 0 spiro atoms. The molecule has 1 fully saturated rings. The fraction of sp³-hybridized carbons (Fsp3) is 0.400. The topological polar surface area (TPSA) is 84.5 Å². The summed E-state index contributed by atoms with van der Waals surface area (Å²) in [6, 6.07) is 11.4. The Morgan fingerprint density at radius 3 is 2.12 bits per heavy atom. The van der Waals surface area contributed by atoms with Crippen molar-refractivity contribution in [3.63, 3.8) is 0 Å². The highest BCUT2D eigenvalue weighted by molar-refractivity contribution is 5.98. The van der Waals surface area contributed by atoms with E-state index in [-0.39, 0.29) is 18.4 Å². The molecule has 0 aromatic heterocycles. The number of nitrogens with one attached hydrogen (secondary N) is 2. The lowest BCUT2D eigenvalue weighted by atomic mass is 9.98. The number of alkyl halides is 3. The zero-order chi connectivity index (χ0) is 25.1. The first kappa shape index (κ1) is 25.3. The molecule has 34 heavy (non-hydrogen) atoms. The number of benzene rings is 2. The van der Waals surface area contributed by atoms with Gasteiger partial charge in [0.2, 0.25) is 5.91 Å². The molecule has 9 heteroatoms. The molecule has 0 saturated heterocycles. The summed E-state index contributed by atoms with van der Waals surface area (Å²) in [5.41, 5.74) is 3.95. The van der Waals surface area contributed by atoms with Crippen LogP contribution in [0.1, 0.15) is 67.1 Å². The van der Waals surface area contributed by atoms with Crippen LogP contribution in [0.15, 0.2) is 48.5 Å². The summed E-state index contributed by atoms with van der Waals surface area (Å²) in [5.74, 6) is -1.51. The van der Waals surface area contributed by atoms with Crippen molar-refractivity contribution in [3.8, 4) is 0 Å². The second kappa shape index (κ2) is 9.48. The van der Waals surface area contributed by atoms with Crippen molar-refractivity contribution < 1.29 is 32.3 Å². The van der Waals surface area contributed by atoms with Crippen LogP contribution in [-0.2, 0) is 26.9 Å². The molecule has 1 saturated carbocycles. The molecule has 182 valence electrons. The van der Waals surface area contributed by atoms with Crippen molar-refractivity contribution in [1.29, 1.82) is 0 Å². The molecule has 2 amide bonds. The van der Waals surface area contributed by atoms with E-state index in [4.69, 9.17) is 4.74 Å². The number of ether oxygens (including phenoxy) is 1. The fourth-order valence-electron chi connectivity index (χ4n) is 3.53. The predicted molar refractivity (Wildman–Crippen MR) is 118 cm³/mol. The summed E-state index contributed by atoms with van der Waals surface area (Å²) >= 11 is 0. The molecule has 0 aliphatic heterocycles. The van der Waals surface area contributed by atoms with Crippen molar-refractivity contribution in [1.82, 2.24) is 10.9 Å². The van der Waals surface area contributed by atoms with Crippen molar-refractivity contribution in [2.45, 2.75) is 58.2 Å². The van der Waals surface area contributed by atoms with Gasteiger partial charge in [-0.15, -0.1) is 0 Å². The second-order valence-corrected chi connectivity index (χ2v) is 9.48. The van der Waals surface area contributed by atoms with E-state index in [0.29, 0.717) is 24.0 Å². The number of hydrogen-bond donors (Lipinski definition) is 2. The summed E-state index contributed by atoms with van der Waals surface area (Å²) < 4.78 is 43.6. The van der Waals surface area contributed by atoms with Gasteiger partial charge in [0.25, 0.3) is 5.91 Å². The quantitative estimate of drug-likeness (QED) is 0.473. The van der Waals surface area contributed by atoms with Gasteiger partial charge >= 0.3 is 12.1 Å². The zero-order valence-corrected chi connectivity index (χ0v) is 19.2. The third kappa shape index (κ3) is 6.59. The predicted octanol–water partition coefficient (Wildman–Crippen LogP) is 4.57. The van der Waals surface area contributed by atoms with Crippen molar-refractivity contribution in [2.24, 2.45) is 5.41 Å². The molecule has 0 heterocycles. The van der Waals surface area contributed by atoms with E-state index in [2.05, 4.69) is 10.9 Å². The van der Waals surface area contributed by atoms with E-state index in [9.17, 15) is 27.6 Å². The number of esters is 1. The summed E-state index contributed by atoms with van der Waals surface area (Å²) in [7, 11) is 0. The molecule has 2 aromatic rings. The van der Waals surface area contributed by atoms with Gasteiger partial charge in [0, 0.05) is 5.56 Å². The first-order chi connectivity index (χ1) is 15.8. The summed E-state index contributed by atoms with van der Waals surface area (Å²) in [6.45, 7) is 5.23. The average molecular weight is 476 g/mol. The number of hydrazine groups is 1. The smallest absolute Gasteiger partial charge is 0.416 e. The molecule has 2 N–H and O–H groups in total. The van der Waals surface area contributed by atoms with Crippen LogP contribution in [0.25, 0.3) is 0 Å². The maximum absolute atomic E-state index is 12.8. The lowest BCUT2D eigenvalue weighted by molar-refractivity contribution is -0.158. The van der Waals surface area contributed by atoms with E-state index in [1.54, 1.807) is 45.0 Å². The molecular formula is C25H27F3N2O4.